The number of hydrogen-bond donors (Lipinski definition) is 0. The predicted molar refractivity (Wildman–Crippen MR) is 119 cm³/mol. The molecule has 0 saturated carbocycles. The number of hydrogen-bond acceptors (Lipinski definition) is 6. The maximum absolute atomic E-state index is 13.6. The van der Waals surface area contributed by atoms with Gasteiger partial charge in [0.2, 0.25) is 5.89 Å². The first-order valence-corrected chi connectivity index (χ1v) is 9.62. The number of benzene rings is 3. The van der Waals surface area contributed by atoms with Gasteiger partial charge in [-0.3, -0.25) is 4.79 Å². The van der Waals surface area contributed by atoms with E-state index in [1.807, 2.05) is 48.5 Å². The van der Waals surface area contributed by atoms with Crippen molar-refractivity contribution in [2.45, 2.75) is 0 Å². The molecule has 0 radical (unpaired) electrons. The molecule has 0 N–H and O–H groups in total. The molecule has 1 aromatic heterocycles. The summed E-state index contributed by atoms with van der Waals surface area (Å²) in [5.41, 5.74) is 2.72. The van der Waals surface area contributed by atoms with Gasteiger partial charge in [0.1, 0.15) is 11.3 Å². The number of ether oxygens (including phenoxy) is 3. The molecule has 0 aliphatic rings. The quantitative estimate of drug-likeness (QED) is 0.302. The highest BCUT2D eigenvalue weighted by molar-refractivity contribution is 6.31. The van der Waals surface area contributed by atoms with Crippen LogP contribution in [0.2, 0.25) is 0 Å². The predicted octanol–water partition coefficient (Wildman–Crippen LogP) is 5.28. The van der Waals surface area contributed by atoms with E-state index in [0.717, 1.165) is 5.56 Å². The standard InChI is InChI=1S/C25H21NO5/c1-28-20-10-6-4-8-16(20)14-18(25-26-19-9-5-7-11-21(19)31-25)24(27)17-12-13-22(29-2)23(15-17)30-3/h4-15H,1-3H3/b18-14-. The van der Waals surface area contributed by atoms with Gasteiger partial charge in [-0.15, -0.1) is 0 Å². The monoisotopic (exact) mass is 415 g/mol. The van der Waals surface area contributed by atoms with Crippen LogP contribution in [0.4, 0.5) is 0 Å². The Kier molecular flexibility index (Phi) is 5.71. The number of carbonyl (C=O) groups is 1. The van der Waals surface area contributed by atoms with Crippen LogP contribution >= 0.6 is 0 Å². The number of carbonyl (C=O) groups excluding carboxylic acids is 1. The van der Waals surface area contributed by atoms with E-state index in [4.69, 9.17) is 18.6 Å². The Morgan fingerprint density at radius 2 is 1.55 bits per heavy atom. The molecule has 4 aromatic rings. The number of fused-ring (bicyclic) bond motifs is 1. The summed E-state index contributed by atoms with van der Waals surface area (Å²) in [6, 6.07) is 19.8. The lowest BCUT2D eigenvalue weighted by Gasteiger charge is -2.10. The lowest BCUT2D eigenvalue weighted by molar-refractivity contribution is 0.105. The number of allylic oxidation sites excluding steroid dienone is 1. The third-order valence-electron chi connectivity index (χ3n) is 4.85. The number of nitrogens with zero attached hydrogens (tertiary/aromatic N) is 1. The molecule has 0 saturated heterocycles. The van der Waals surface area contributed by atoms with Gasteiger partial charge in [-0.2, -0.15) is 0 Å². The lowest BCUT2D eigenvalue weighted by atomic mass is 10.00. The minimum atomic E-state index is -0.265. The van der Waals surface area contributed by atoms with Crippen molar-refractivity contribution in [3.63, 3.8) is 0 Å². The van der Waals surface area contributed by atoms with Gasteiger partial charge in [0.15, 0.2) is 22.9 Å². The first-order chi connectivity index (χ1) is 15.1. The molecule has 4 rings (SSSR count). The van der Waals surface area contributed by atoms with Gasteiger partial charge in [-0.05, 0) is 42.5 Å². The molecule has 31 heavy (non-hydrogen) atoms. The summed E-state index contributed by atoms with van der Waals surface area (Å²) < 4.78 is 22.0. The van der Waals surface area contributed by atoms with Crippen LogP contribution in [-0.4, -0.2) is 32.1 Å². The molecule has 0 atom stereocenters. The van der Waals surface area contributed by atoms with E-state index in [-0.39, 0.29) is 11.7 Å². The first-order valence-electron chi connectivity index (χ1n) is 9.62. The molecule has 0 aliphatic carbocycles. The van der Waals surface area contributed by atoms with Gasteiger partial charge in [-0.1, -0.05) is 30.3 Å². The summed E-state index contributed by atoms with van der Waals surface area (Å²) in [6.07, 6.45) is 1.72. The Labute approximate surface area is 179 Å². The second-order valence-corrected chi connectivity index (χ2v) is 6.69. The molecule has 1 heterocycles. The minimum Gasteiger partial charge on any atom is -0.496 e. The molecule has 6 heteroatoms. The van der Waals surface area contributed by atoms with Crippen molar-refractivity contribution in [3.05, 3.63) is 83.7 Å². The zero-order valence-electron chi connectivity index (χ0n) is 17.4. The Bertz CT molecular complexity index is 1240. The Morgan fingerprint density at radius 1 is 0.839 bits per heavy atom. The van der Waals surface area contributed by atoms with Gasteiger partial charge in [-0.25, -0.2) is 4.98 Å². The fraction of sp³-hybridized carbons (Fsp3) is 0.120. The molecule has 156 valence electrons. The van der Waals surface area contributed by atoms with Crippen LogP contribution in [0.1, 0.15) is 21.8 Å². The number of rotatable bonds is 7. The van der Waals surface area contributed by atoms with E-state index >= 15 is 0 Å². The topological polar surface area (TPSA) is 70.8 Å². The van der Waals surface area contributed by atoms with Crippen LogP contribution in [0.5, 0.6) is 17.2 Å². The van der Waals surface area contributed by atoms with Gasteiger partial charge in [0.05, 0.1) is 26.9 Å². The van der Waals surface area contributed by atoms with Crippen molar-refractivity contribution < 1.29 is 23.4 Å². The van der Waals surface area contributed by atoms with Gasteiger partial charge in [0.25, 0.3) is 0 Å². The number of methoxy groups -OCH3 is 3. The maximum atomic E-state index is 13.6. The summed E-state index contributed by atoms with van der Waals surface area (Å²) in [4.78, 5) is 18.1. The Balaban J connectivity index is 1.88. The van der Waals surface area contributed by atoms with Crippen molar-refractivity contribution in [1.82, 2.24) is 4.98 Å². The zero-order chi connectivity index (χ0) is 21.8. The highest BCUT2D eigenvalue weighted by Gasteiger charge is 2.22. The molecule has 0 fully saturated rings. The van der Waals surface area contributed by atoms with Crippen LogP contribution in [0.15, 0.2) is 71.1 Å². The average molecular weight is 415 g/mol. The van der Waals surface area contributed by atoms with Gasteiger partial charge in [0, 0.05) is 11.1 Å². The summed E-state index contributed by atoms with van der Waals surface area (Å²) in [7, 11) is 4.66. The van der Waals surface area contributed by atoms with E-state index in [0.29, 0.717) is 39.5 Å². The average Bonchev–Trinajstić information content (AvgIpc) is 3.25. The number of aromatic nitrogens is 1. The highest BCUT2D eigenvalue weighted by Crippen LogP contribution is 2.32. The van der Waals surface area contributed by atoms with Crippen LogP contribution in [-0.2, 0) is 0 Å². The zero-order valence-corrected chi connectivity index (χ0v) is 17.4. The second kappa shape index (κ2) is 8.75. The molecule has 0 unspecified atom stereocenters. The largest absolute Gasteiger partial charge is 0.496 e. The smallest absolute Gasteiger partial charge is 0.231 e. The van der Waals surface area contributed by atoms with E-state index in [1.54, 1.807) is 38.5 Å². The van der Waals surface area contributed by atoms with Crippen molar-refractivity contribution in [2.75, 3.05) is 21.3 Å². The molecular formula is C25H21NO5. The summed E-state index contributed by atoms with van der Waals surface area (Å²) in [6.45, 7) is 0. The van der Waals surface area contributed by atoms with E-state index in [1.165, 1.54) is 7.11 Å². The molecule has 3 aromatic carbocycles. The van der Waals surface area contributed by atoms with Gasteiger partial charge < -0.3 is 18.6 Å². The SMILES string of the molecule is COc1ccccc1/C=C(/C(=O)c1ccc(OC)c(OC)c1)c1nc2ccccc2o1. The van der Waals surface area contributed by atoms with Crippen LogP contribution in [0.3, 0.4) is 0 Å². The molecular weight excluding hydrogens is 394 g/mol. The third-order valence-corrected chi connectivity index (χ3v) is 4.85. The molecule has 0 spiro atoms. The maximum Gasteiger partial charge on any atom is 0.231 e. The highest BCUT2D eigenvalue weighted by atomic mass is 16.5. The lowest BCUT2D eigenvalue weighted by Crippen LogP contribution is -2.04. The van der Waals surface area contributed by atoms with Crippen molar-refractivity contribution in [2.24, 2.45) is 0 Å². The fourth-order valence-corrected chi connectivity index (χ4v) is 3.29. The van der Waals surface area contributed by atoms with Crippen molar-refractivity contribution in [3.8, 4) is 17.2 Å². The number of Topliss-reactive ketones (excluding diaryl/α,β-unsaturated/α-hetero) is 1. The normalized spacial score (nSPS) is 11.4. The summed E-state index contributed by atoms with van der Waals surface area (Å²) in [5.74, 6) is 1.60. The third kappa shape index (κ3) is 4.00. The van der Waals surface area contributed by atoms with Crippen LogP contribution in [0, 0.1) is 0 Å². The van der Waals surface area contributed by atoms with Crippen LogP contribution < -0.4 is 14.2 Å². The van der Waals surface area contributed by atoms with Gasteiger partial charge >= 0.3 is 0 Å². The second-order valence-electron chi connectivity index (χ2n) is 6.69. The number of para-hydroxylation sites is 3. The molecule has 0 aliphatic heterocycles. The minimum absolute atomic E-state index is 0.229. The first kappa shape index (κ1) is 20.2. The summed E-state index contributed by atoms with van der Waals surface area (Å²) >= 11 is 0. The van der Waals surface area contributed by atoms with Crippen molar-refractivity contribution in [1.29, 1.82) is 0 Å². The van der Waals surface area contributed by atoms with Crippen LogP contribution in [0.25, 0.3) is 22.7 Å². The molecule has 0 bridgehead atoms. The summed E-state index contributed by atoms with van der Waals surface area (Å²) in [5, 5.41) is 0. The van der Waals surface area contributed by atoms with E-state index < -0.39 is 0 Å². The van der Waals surface area contributed by atoms with E-state index in [9.17, 15) is 4.79 Å². The molecule has 0 amide bonds. The molecule has 6 nitrogen and oxygen atoms in total. The van der Waals surface area contributed by atoms with Crippen molar-refractivity contribution >= 4 is 28.5 Å². The Hall–Kier alpha value is -4.06. The number of ketones is 1. The number of oxazole rings is 1. The van der Waals surface area contributed by atoms with E-state index in [2.05, 4.69) is 4.98 Å². The fourth-order valence-electron chi connectivity index (χ4n) is 3.29. The Morgan fingerprint density at radius 3 is 2.29 bits per heavy atom.